The molecule has 0 unspecified atom stereocenters. The molecule has 0 amide bonds. The molecule has 6 heteroatoms. The predicted molar refractivity (Wildman–Crippen MR) is 65.5 cm³/mol. The summed E-state index contributed by atoms with van der Waals surface area (Å²) in [4.78, 5) is 0. The average Bonchev–Trinajstić information content (AvgIpc) is 2.26. The number of benzene rings is 2. The second kappa shape index (κ2) is 4.79. The first-order valence-corrected chi connectivity index (χ1v) is 5.35. The van der Waals surface area contributed by atoms with Crippen LogP contribution >= 0.6 is 0 Å². The van der Waals surface area contributed by atoms with E-state index in [-0.39, 0.29) is 17.1 Å². The van der Waals surface area contributed by atoms with E-state index in [1.54, 1.807) is 0 Å². The van der Waals surface area contributed by atoms with Gasteiger partial charge in [0.25, 0.3) is 0 Å². The van der Waals surface area contributed by atoms with Crippen molar-refractivity contribution in [2.24, 2.45) is 0 Å². The van der Waals surface area contributed by atoms with E-state index in [4.69, 9.17) is 5.73 Å². The zero-order valence-corrected chi connectivity index (χ0v) is 9.63. The molecule has 2 nitrogen and oxygen atoms in total. The molecule has 2 aromatic rings. The second-order valence-corrected chi connectivity index (χ2v) is 3.98. The fraction of sp³-hybridized carbons (Fsp3) is 0.0769. The van der Waals surface area contributed by atoms with Crippen molar-refractivity contribution in [1.82, 2.24) is 0 Å². The lowest BCUT2D eigenvalue weighted by Gasteiger charge is -2.11. The SMILES string of the molecule is Nc1cc(F)cc(Nc2cccc(C(F)(F)F)c2)c1. The van der Waals surface area contributed by atoms with Gasteiger partial charge in [-0.25, -0.2) is 4.39 Å². The smallest absolute Gasteiger partial charge is 0.399 e. The minimum absolute atomic E-state index is 0.189. The first kappa shape index (κ1) is 13.2. The van der Waals surface area contributed by atoms with Crippen molar-refractivity contribution in [2.45, 2.75) is 6.18 Å². The summed E-state index contributed by atoms with van der Waals surface area (Å²) in [5.74, 6) is -0.561. The zero-order valence-electron chi connectivity index (χ0n) is 9.63. The molecule has 0 heterocycles. The Morgan fingerprint density at radius 1 is 0.947 bits per heavy atom. The Bertz CT molecular complexity index is 573. The Labute approximate surface area is 106 Å². The Kier molecular flexibility index (Phi) is 3.33. The van der Waals surface area contributed by atoms with Gasteiger partial charge in [0.15, 0.2) is 0 Å². The van der Waals surface area contributed by atoms with E-state index in [2.05, 4.69) is 5.32 Å². The monoisotopic (exact) mass is 270 g/mol. The molecule has 0 bridgehead atoms. The third kappa shape index (κ3) is 3.37. The van der Waals surface area contributed by atoms with Crippen molar-refractivity contribution in [3.63, 3.8) is 0 Å². The molecule has 19 heavy (non-hydrogen) atoms. The van der Waals surface area contributed by atoms with E-state index in [9.17, 15) is 17.6 Å². The summed E-state index contributed by atoms with van der Waals surface area (Å²) in [7, 11) is 0. The fourth-order valence-electron chi connectivity index (χ4n) is 1.62. The highest BCUT2D eigenvalue weighted by Crippen LogP contribution is 2.31. The van der Waals surface area contributed by atoms with Gasteiger partial charge in [-0.15, -0.1) is 0 Å². The Morgan fingerprint density at radius 2 is 1.68 bits per heavy atom. The molecule has 2 rings (SSSR count). The standard InChI is InChI=1S/C13H10F4N2/c14-9-5-10(18)7-12(6-9)19-11-3-1-2-8(4-11)13(15,16)17/h1-7,19H,18H2. The number of nitrogens with two attached hydrogens (primary N) is 1. The van der Waals surface area contributed by atoms with Crippen LogP contribution in [0.4, 0.5) is 34.6 Å². The van der Waals surface area contributed by atoms with E-state index in [1.807, 2.05) is 0 Å². The summed E-state index contributed by atoms with van der Waals surface area (Å²) < 4.78 is 50.7. The molecular weight excluding hydrogens is 260 g/mol. The molecule has 0 radical (unpaired) electrons. The van der Waals surface area contributed by atoms with Gasteiger partial charge in [0.2, 0.25) is 0 Å². The zero-order chi connectivity index (χ0) is 14.0. The highest BCUT2D eigenvalue weighted by Gasteiger charge is 2.30. The molecule has 0 saturated heterocycles. The Balaban J connectivity index is 2.28. The average molecular weight is 270 g/mol. The molecule has 0 aromatic heterocycles. The maximum absolute atomic E-state index is 13.1. The second-order valence-electron chi connectivity index (χ2n) is 3.98. The number of hydrogen-bond acceptors (Lipinski definition) is 2. The Hall–Kier alpha value is -2.24. The van der Waals surface area contributed by atoms with Crippen molar-refractivity contribution in [1.29, 1.82) is 0 Å². The van der Waals surface area contributed by atoms with Gasteiger partial charge in [0.05, 0.1) is 5.56 Å². The van der Waals surface area contributed by atoms with Gasteiger partial charge in [0.1, 0.15) is 5.82 Å². The maximum atomic E-state index is 13.1. The summed E-state index contributed by atoms with van der Waals surface area (Å²) >= 11 is 0. The van der Waals surface area contributed by atoms with Crippen LogP contribution in [-0.4, -0.2) is 0 Å². The summed E-state index contributed by atoms with van der Waals surface area (Å²) in [6.45, 7) is 0. The van der Waals surface area contributed by atoms with Crippen molar-refractivity contribution in [2.75, 3.05) is 11.1 Å². The normalized spacial score (nSPS) is 11.4. The molecular formula is C13H10F4N2. The fourth-order valence-corrected chi connectivity index (χ4v) is 1.62. The molecule has 2 aromatic carbocycles. The van der Waals surface area contributed by atoms with Crippen molar-refractivity contribution in [3.05, 3.63) is 53.8 Å². The number of anilines is 3. The maximum Gasteiger partial charge on any atom is 0.416 e. The van der Waals surface area contributed by atoms with Gasteiger partial charge in [-0.2, -0.15) is 13.2 Å². The molecule has 0 aliphatic heterocycles. The number of nitrogen functional groups attached to an aromatic ring is 1. The van der Waals surface area contributed by atoms with Gasteiger partial charge in [-0.1, -0.05) is 6.07 Å². The van der Waals surface area contributed by atoms with Crippen LogP contribution in [0.25, 0.3) is 0 Å². The first-order valence-electron chi connectivity index (χ1n) is 5.35. The summed E-state index contributed by atoms with van der Waals surface area (Å²) in [5, 5.41) is 2.68. The topological polar surface area (TPSA) is 38.0 Å². The summed E-state index contributed by atoms with van der Waals surface area (Å²) in [6, 6.07) is 8.34. The molecule has 0 aliphatic carbocycles. The van der Waals surface area contributed by atoms with Gasteiger partial charge < -0.3 is 11.1 Å². The molecule has 100 valence electrons. The number of hydrogen-bond donors (Lipinski definition) is 2. The van der Waals surface area contributed by atoms with Gasteiger partial charge in [-0.05, 0) is 36.4 Å². The quantitative estimate of drug-likeness (QED) is 0.635. The number of halogens is 4. The highest BCUT2D eigenvalue weighted by atomic mass is 19.4. The van der Waals surface area contributed by atoms with Crippen LogP contribution in [-0.2, 0) is 6.18 Å². The van der Waals surface area contributed by atoms with Crippen molar-refractivity contribution in [3.8, 4) is 0 Å². The molecule has 3 N–H and O–H groups in total. The van der Waals surface area contributed by atoms with E-state index in [0.717, 1.165) is 24.3 Å². The highest BCUT2D eigenvalue weighted by molar-refractivity contribution is 5.64. The van der Waals surface area contributed by atoms with E-state index in [1.165, 1.54) is 18.2 Å². The predicted octanol–water partition coefficient (Wildman–Crippen LogP) is 4.17. The van der Waals surface area contributed by atoms with Crippen LogP contribution < -0.4 is 11.1 Å². The summed E-state index contributed by atoms with van der Waals surface area (Å²) in [6.07, 6.45) is -4.42. The van der Waals surface area contributed by atoms with Gasteiger partial charge in [-0.3, -0.25) is 0 Å². The van der Waals surface area contributed by atoms with E-state index < -0.39 is 17.6 Å². The van der Waals surface area contributed by atoms with Crippen molar-refractivity contribution >= 4 is 17.1 Å². The minimum atomic E-state index is -4.42. The first-order chi connectivity index (χ1) is 8.84. The summed E-state index contributed by atoms with van der Waals surface area (Å²) in [5.41, 5.74) is 5.36. The molecule has 0 atom stereocenters. The van der Waals surface area contributed by atoms with Crippen LogP contribution in [0.1, 0.15) is 5.56 Å². The number of nitrogens with one attached hydrogen (secondary N) is 1. The van der Waals surface area contributed by atoms with E-state index >= 15 is 0 Å². The number of rotatable bonds is 2. The minimum Gasteiger partial charge on any atom is -0.399 e. The van der Waals surface area contributed by atoms with Crippen LogP contribution in [0.3, 0.4) is 0 Å². The van der Waals surface area contributed by atoms with Gasteiger partial charge >= 0.3 is 6.18 Å². The van der Waals surface area contributed by atoms with Crippen LogP contribution in [0, 0.1) is 5.82 Å². The van der Waals surface area contributed by atoms with Crippen LogP contribution in [0.5, 0.6) is 0 Å². The lowest BCUT2D eigenvalue weighted by molar-refractivity contribution is -0.137. The molecule has 0 spiro atoms. The molecule has 0 aliphatic rings. The largest absolute Gasteiger partial charge is 0.416 e. The van der Waals surface area contributed by atoms with Crippen LogP contribution in [0.15, 0.2) is 42.5 Å². The lowest BCUT2D eigenvalue weighted by Crippen LogP contribution is -2.05. The van der Waals surface area contributed by atoms with Gasteiger partial charge in [0, 0.05) is 17.1 Å². The van der Waals surface area contributed by atoms with Crippen LogP contribution in [0.2, 0.25) is 0 Å². The molecule has 0 fully saturated rings. The third-order valence-corrected chi connectivity index (χ3v) is 2.40. The third-order valence-electron chi connectivity index (χ3n) is 2.40. The van der Waals surface area contributed by atoms with E-state index in [0.29, 0.717) is 0 Å². The lowest BCUT2D eigenvalue weighted by atomic mass is 10.2. The molecule has 0 saturated carbocycles. The Morgan fingerprint density at radius 3 is 2.32 bits per heavy atom. The van der Waals surface area contributed by atoms with Crippen molar-refractivity contribution < 1.29 is 17.6 Å². The number of alkyl halides is 3.